The molecule has 1 N–H and O–H groups in total. The van der Waals surface area contributed by atoms with E-state index in [1.807, 2.05) is 0 Å². The van der Waals surface area contributed by atoms with Gasteiger partial charge in [-0.25, -0.2) is 0 Å². The lowest BCUT2D eigenvalue weighted by molar-refractivity contribution is -0.119. The molecule has 0 atom stereocenters. The van der Waals surface area contributed by atoms with Crippen molar-refractivity contribution in [3.63, 3.8) is 0 Å². The van der Waals surface area contributed by atoms with Crippen molar-refractivity contribution < 1.29 is 6.22 Å². The number of likely N-dealkylation sites (tertiary alicyclic amines) is 1. The molecule has 1 rings (SSSR count). The Hall–Kier alpha value is -0.570. The number of nitrogens with one attached hydrogen (secondary N) is 1. The van der Waals surface area contributed by atoms with Crippen LogP contribution in [0, 0.1) is 0 Å². The van der Waals surface area contributed by atoms with Gasteiger partial charge in [0.15, 0.2) is 0 Å². The predicted molar refractivity (Wildman–Crippen MR) is 46.5 cm³/mol. The van der Waals surface area contributed by atoms with E-state index in [0.29, 0.717) is 0 Å². The Morgan fingerprint density at radius 2 is 2.18 bits per heavy atom. The number of nitrogens with zero attached hydrogens (tertiary/aromatic N) is 1. The summed E-state index contributed by atoms with van der Waals surface area (Å²) in [6.45, 7) is 5.79. The number of carbonyl (C=O) groups is 1. The van der Waals surface area contributed by atoms with E-state index in [2.05, 4.69) is 10.2 Å². The van der Waals surface area contributed by atoms with Gasteiger partial charge in [0, 0.05) is 21.4 Å². The fourth-order valence-corrected chi connectivity index (χ4v) is 1.40. The van der Waals surface area contributed by atoms with Gasteiger partial charge in [-0.1, -0.05) is 0 Å². The third-order valence-corrected chi connectivity index (χ3v) is 2.00. The number of amides is 1. The Bertz CT molecular complexity index is 135. The van der Waals surface area contributed by atoms with Gasteiger partial charge in [0.1, 0.15) is 0 Å². The number of hydrogen-bond donors (Lipinski definition) is 1. The lowest BCUT2D eigenvalue weighted by Gasteiger charge is -2.13. The highest BCUT2D eigenvalue weighted by Crippen LogP contribution is 2.05. The van der Waals surface area contributed by atoms with Crippen molar-refractivity contribution in [1.82, 2.24) is 10.2 Å². The summed E-state index contributed by atoms with van der Waals surface area (Å²) < 4.78 is 0. The minimum atomic E-state index is 0. The Labute approximate surface area is 69.2 Å². The van der Waals surface area contributed by atoms with E-state index in [0.717, 1.165) is 13.1 Å². The normalized spacial score (nSPS) is 18.6. The number of hydrogen-bond acceptors (Lipinski definition) is 2. The van der Waals surface area contributed by atoms with Crippen molar-refractivity contribution in [2.24, 2.45) is 0 Å². The van der Waals surface area contributed by atoms with Crippen molar-refractivity contribution in [1.29, 1.82) is 0 Å². The zero-order valence-corrected chi connectivity index (χ0v) is 7.10. The van der Waals surface area contributed by atoms with Crippen LogP contribution in [0.4, 0.5) is 0 Å². The monoisotopic (exact) mass is 158 g/mol. The second-order valence-electron chi connectivity index (χ2n) is 3.03. The average Bonchev–Trinajstić information content (AvgIpc) is 2.39. The van der Waals surface area contributed by atoms with E-state index < -0.39 is 0 Å². The second kappa shape index (κ2) is 4.34. The maximum Gasteiger partial charge on any atom is 0.216 e. The van der Waals surface area contributed by atoms with Gasteiger partial charge >= 0.3 is 0 Å². The average molecular weight is 158 g/mol. The molecule has 0 aliphatic carbocycles. The van der Waals surface area contributed by atoms with Crippen molar-refractivity contribution in [2.45, 2.75) is 19.8 Å². The van der Waals surface area contributed by atoms with Crippen LogP contribution in [0.2, 0.25) is 0 Å². The fourth-order valence-electron chi connectivity index (χ4n) is 1.40. The molecule has 3 nitrogen and oxygen atoms in total. The molecular weight excluding hydrogens is 140 g/mol. The summed E-state index contributed by atoms with van der Waals surface area (Å²) in [4.78, 5) is 12.9. The van der Waals surface area contributed by atoms with Crippen LogP contribution in [0.5, 0.6) is 0 Å². The van der Waals surface area contributed by atoms with Gasteiger partial charge in [0.25, 0.3) is 0 Å². The molecule has 1 saturated heterocycles. The quantitative estimate of drug-likeness (QED) is 0.647. The van der Waals surface area contributed by atoms with Crippen LogP contribution in [0.1, 0.15) is 21.2 Å². The largest absolute Gasteiger partial charge is 0.355 e. The summed E-state index contributed by atoms with van der Waals surface area (Å²) in [6, 6.07) is 0. The Kier molecular flexibility index (Phi) is 3.36. The highest BCUT2D eigenvalue weighted by atomic mass is 16.1. The molecule has 0 aromatic rings. The van der Waals surface area contributed by atoms with Crippen LogP contribution >= 0.6 is 0 Å². The Balaban J connectivity index is 0.00000121. The Morgan fingerprint density at radius 1 is 1.55 bits per heavy atom. The molecule has 1 heterocycles. The molecule has 1 aliphatic rings. The zero-order chi connectivity index (χ0) is 8.10. The summed E-state index contributed by atoms with van der Waals surface area (Å²) in [7, 11) is 0. The number of rotatable bonds is 3. The minimum Gasteiger partial charge on any atom is -0.355 e. The van der Waals surface area contributed by atoms with E-state index in [1.165, 1.54) is 25.9 Å². The first-order valence-corrected chi connectivity index (χ1v) is 4.26. The van der Waals surface area contributed by atoms with Crippen LogP contribution in [0.15, 0.2) is 0 Å². The van der Waals surface area contributed by atoms with Gasteiger partial charge in [-0.3, -0.25) is 4.79 Å². The molecule has 1 aliphatic heterocycles. The fraction of sp³-hybridized carbons (Fsp3) is 0.875. The Morgan fingerprint density at radius 3 is 2.73 bits per heavy atom. The first-order valence-electron chi connectivity index (χ1n) is 4.26. The van der Waals surface area contributed by atoms with Gasteiger partial charge in [-0.15, -0.1) is 0 Å². The van der Waals surface area contributed by atoms with E-state index in [9.17, 15) is 4.79 Å². The SMILES string of the molecule is CC(=O)NCCN1CCCC1.[HH]. The summed E-state index contributed by atoms with van der Waals surface area (Å²) >= 11 is 0. The smallest absolute Gasteiger partial charge is 0.216 e. The summed E-state index contributed by atoms with van der Waals surface area (Å²) in [6.07, 6.45) is 2.64. The molecule has 0 unspecified atom stereocenters. The maximum absolute atomic E-state index is 10.5. The van der Waals surface area contributed by atoms with Gasteiger partial charge in [0.05, 0.1) is 0 Å². The zero-order valence-electron chi connectivity index (χ0n) is 7.10. The van der Waals surface area contributed by atoms with Crippen LogP contribution in [-0.4, -0.2) is 37.0 Å². The minimum absolute atomic E-state index is 0. The lowest BCUT2D eigenvalue weighted by Crippen LogP contribution is -2.32. The van der Waals surface area contributed by atoms with Gasteiger partial charge in [-0.2, -0.15) is 0 Å². The molecule has 66 valence electrons. The summed E-state index contributed by atoms with van der Waals surface area (Å²) in [5.74, 6) is 0.0733. The molecule has 0 radical (unpaired) electrons. The first kappa shape index (κ1) is 8.53. The standard InChI is InChI=1S/C8H16N2O.H2/c1-8(11)9-4-7-10-5-2-3-6-10;/h2-7H2,1H3,(H,9,11);1H. The summed E-state index contributed by atoms with van der Waals surface area (Å²) in [5.41, 5.74) is 0. The summed E-state index contributed by atoms with van der Waals surface area (Å²) in [5, 5.41) is 2.79. The molecule has 3 heteroatoms. The molecule has 11 heavy (non-hydrogen) atoms. The maximum atomic E-state index is 10.5. The van der Waals surface area contributed by atoms with Crippen molar-refractivity contribution in [3.8, 4) is 0 Å². The highest BCUT2D eigenvalue weighted by Gasteiger charge is 2.09. The van der Waals surface area contributed by atoms with E-state index in [1.54, 1.807) is 6.92 Å². The third-order valence-electron chi connectivity index (χ3n) is 2.00. The van der Waals surface area contributed by atoms with Crippen molar-refractivity contribution in [2.75, 3.05) is 26.2 Å². The molecule has 0 spiro atoms. The predicted octanol–water partition coefficient (Wildman–Crippen LogP) is 0.464. The molecule has 0 bridgehead atoms. The highest BCUT2D eigenvalue weighted by molar-refractivity contribution is 5.72. The molecule has 0 saturated carbocycles. The number of carbonyl (C=O) groups excluding carboxylic acids is 1. The first-order chi connectivity index (χ1) is 5.29. The molecular formula is C8H18N2O. The van der Waals surface area contributed by atoms with Crippen LogP contribution < -0.4 is 5.32 Å². The van der Waals surface area contributed by atoms with E-state index in [4.69, 9.17) is 0 Å². The third kappa shape index (κ3) is 3.37. The topological polar surface area (TPSA) is 32.3 Å². The van der Waals surface area contributed by atoms with Crippen molar-refractivity contribution >= 4 is 5.91 Å². The molecule has 0 aromatic heterocycles. The second-order valence-corrected chi connectivity index (χ2v) is 3.03. The lowest BCUT2D eigenvalue weighted by atomic mass is 10.4. The van der Waals surface area contributed by atoms with E-state index in [-0.39, 0.29) is 7.33 Å². The van der Waals surface area contributed by atoms with Crippen molar-refractivity contribution in [3.05, 3.63) is 0 Å². The molecule has 1 fully saturated rings. The van der Waals surface area contributed by atoms with Crippen LogP contribution in [0.25, 0.3) is 0 Å². The molecule has 0 aromatic carbocycles. The van der Waals surface area contributed by atoms with Gasteiger partial charge in [0.2, 0.25) is 5.91 Å². The van der Waals surface area contributed by atoms with Crippen LogP contribution in [-0.2, 0) is 4.79 Å². The molecule has 1 amide bonds. The van der Waals surface area contributed by atoms with E-state index >= 15 is 0 Å². The van der Waals surface area contributed by atoms with Gasteiger partial charge < -0.3 is 10.2 Å². The van der Waals surface area contributed by atoms with Crippen LogP contribution in [0.3, 0.4) is 0 Å². The van der Waals surface area contributed by atoms with Gasteiger partial charge in [-0.05, 0) is 25.9 Å².